The Morgan fingerprint density at radius 1 is 1.50 bits per heavy atom. The number of amides is 3. The number of rotatable bonds is 3. The number of carbonyl (C=O) groups excluding carboxylic acids is 2. The lowest BCUT2D eigenvalue weighted by atomic mass is 9.92. The van der Waals surface area contributed by atoms with E-state index < -0.39 is 6.03 Å². The molecule has 1 aliphatic rings. The highest BCUT2D eigenvalue weighted by Crippen LogP contribution is 2.19. The van der Waals surface area contributed by atoms with E-state index in [1.165, 1.54) is 0 Å². The van der Waals surface area contributed by atoms with Gasteiger partial charge < -0.3 is 11.1 Å². The zero-order chi connectivity index (χ0) is 12.3. The first kappa shape index (κ1) is 12.9. The van der Waals surface area contributed by atoms with Crippen LogP contribution in [0.25, 0.3) is 0 Å². The van der Waals surface area contributed by atoms with Crippen LogP contribution in [0, 0.1) is 0 Å². The van der Waals surface area contributed by atoms with Crippen LogP contribution in [0.2, 0.25) is 0 Å². The van der Waals surface area contributed by atoms with Crippen molar-refractivity contribution in [3.05, 3.63) is 0 Å². The Kier molecular flexibility index (Phi) is 3.88. The van der Waals surface area contributed by atoms with Crippen molar-refractivity contribution < 1.29 is 9.59 Å². The summed E-state index contributed by atoms with van der Waals surface area (Å²) in [6.07, 6.45) is 0. The number of carbonyl (C=O) groups is 2. The van der Waals surface area contributed by atoms with E-state index in [1.807, 2.05) is 11.8 Å². The van der Waals surface area contributed by atoms with Gasteiger partial charge in [-0.25, -0.2) is 4.79 Å². The molecule has 0 aromatic carbocycles. The standard InChI is InChI=1S/C10H20N4O2/c1-4-12-9(16)13-8(15)7(2)14-5-10(3,11)6-14/h7H,4-6,11H2,1-3H3,(H2,12,13,15,16). The number of hydrogen-bond acceptors (Lipinski definition) is 4. The normalized spacial score (nSPS) is 20.8. The van der Waals surface area contributed by atoms with Crippen LogP contribution >= 0.6 is 0 Å². The molecule has 1 saturated heterocycles. The van der Waals surface area contributed by atoms with Crippen molar-refractivity contribution in [3.8, 4) is 0 Å². The maximum Gasteiger partial charge on any atom is 0.321 e. The van der Waals surface area contributed by atoms with Crippen molar-refractivity contribution in [3.63, 3.8) is 0 Å². The van der Waals surface area contributed by atoms with E-state index in [0.717, 1.165) is 0 Å². The lowest BCUT2D eigenvalue weighted by molar-refractivity contribution is -0.127. The maximum atomic E-state index is 11.6. The number of nitrogens with zero attached hydrogens (tertiary/aromatic N) is 1. The molecule has 0 aromatic rings. The predicted molar refractivity (Wildman–Crippen MR) is 60.8 cm³/mol. The van der Waals surface area contributed by atoms with Crippen LogP contribution in [0.1, 0.15) is 20.8 Å². The quantitative estimate of drug-likeness (QED) is 0.593. The van der Waals surface area contributed by atoms with Crippen molar-refractivity contribution >= 4 is 11.9 Å². The van der Waals surface area contributed by atoms with Gasteiger partial charge in [-0.1, -0.05) is 0 Å². The number of urea groups is 1. The fourth-order valence-electron chi connectivity index (χ4n) is 1.74. The molecule has 6 heteroatoms. The van der Waals surface area contributed by atoms with Gasteiger partial charge >= 0.3 is 6.03 Å². The molecule has 0 bridgehead atoms. The number of likely N-dealkylation sites (tertiary alicyclic amines) is 1. The summed E-state index contributed by atoms with van der Waals surface area (Å²) < 4.78 is 0. The van der Waals surface area contributed by atoms with Crippen molar-refractivity contribution in [1.29, 1.82) is 0 Å². The summed E-state index contributed by atoms with van der Waals surface area (Å²) in [4.78, 5) is 24.7. The van der Waals surface area contributed by atoms with Gasteiger partial charge in [0.05, 0.1) is 6.04 Å². The lowest BCUT2D eigenvalue weighted by Gasteiger charge is -2.47. The Morgan fingerprint density at radius 3 is 2.50 bits per heavy atom. The first-order valence-electron chi connectivity index (χ1n) is 5.47. The zero-order valence-electron chi connectivity index (χ0n) is 10.0. The van der Waals surface area contributed by atoms with E-state index in [2.05, 4.69) is 10.6 Å². The molecule has 1 rings (SSSR count). The molecule has 1 atom stereocenters. The van der Waals surface area contributed by atoms with Gasteiger partial charge in [-0.3, -0.25) is 15.0 Å². The van der Waals surface area contributed by atoms with Crippen LogP contribution in [0.5, 0.6) is 0 Å². The van der Waals surface area contributed by atoms with Crippen LogP contribution in [-0.4, -0.2) is 48.1 Å². The highest BCUT2D eigenvalue weighted by atomic mass is 16.2. The smallest absolute Gasteiger partial charge is 0.321 e. The SMILES string of the molecule is CCNC(=O)NC(=O)C(C)N1CC(C)(N)C1. The van der Waals surface area contributed by atoms with E-state index in [4.69, 9.17) is 5.73 Å². The average molecular weight is 228 g/mol. The fraction of sp³-hybridized carbons (Fsp3) is 0.800. The minimum Gasteiger partial charge on any atom is -0.338 e. The van der Waals surface area contributed by atoms with Crippen molar-refractivity contribution in [2.24, 2.45) is 5.73 Å². The van der Waals surface area contributed by atoms with Gasteiger partial charge in [-0.2, -0.15) is 0 Å². The molecule has 6 nitrogen and oxygen atoms in total. The van der Waals surface area contributed by atoms with Gasteiger partial charge in [0.2, 0.25) is 5.91 Å². The number of nitrogens with two attached hydrogens (primary N) is 1. The number of nitrogens with one attached hydrogen (secondary N) is 2. The summed E-state index contributed by atoms with van der Waals surface area (Å²) in [6.45, 7) is 7.36. The molecular weight excluding hydrogens is 208 g/mol. The molecule has 0 spiro atoms. The average Bonchev–Trinajstić information content (AvgIpc) is 2.13. The zero-order valence-corrected chi connectivity index (χ0v) is 10.0. The van der Waals surface area contributed by atoms with Gasteiger partial charge in [0.1, 0.15) is 0 Å². The van der Waals surface area contributed by atoms with Gasteiger partial charge in [0.25, 0.3) is 0 Å². The highest BCUT2D eigenvalue weighted by Gasteiger charge is 2.39. The summed E-state index contributed by atoms with van der Waals surface area (Å²) in [5.41, 5.74) is 5.64. The third-order valence-electron chi connectivity index (χ3n) is 2.63. The van der Waals surface area contributed by atoms with Gasteiger partial charge in [0, 0.05) is 25.2 Å². The monoisotopic (exact) mass is 228 g/mol. The number of hydrogen-bond donors (Lipinski definition) is 3. The maximum absolute atomic E-state index is 11.6. The Bertz CT molecular complexity index is 283. The second-order valence-electron chi connectivity index (χ2n) is 4.58. The second-order valence-corrected chi connectivity index (χ2v) is 4.58. The summed E-state index contributed by atoms with van der Waals surface area (Å²) in [6, 6.07) is -0.769. The summed E-state index contributed by atoms with van der Waals surface area (Å²) >= 11 is 0. The summed E-state index contributed by atoms with van der Waals surface area (Å²) in [7, 11) is 0. The van der Waals surface area contributed by atoms with Crippen molar-refractivity contribution in [2.45, 2.75) is 32.4 Å². The first-order valence-corrected chi connectivity index (χ1v) is 5.47. The molecule has 16 heavy (non-hydrogen) atoms. The Balaban J connectivity index is 2.35. The molecule has 1 aliphatic heterocycles. The highest BCUT2D eigenvalue weighted by molar-refractivity contribution is 5.96. The van der Waals surface area contributed by atoms with E-state index in [0.29, 0.717) is 19.6 Å². The molecule has 1 heterocycles. The molecule has 4 N–H and O–H groups in total. The minimum absolute atomic E-state index is 0.208. The molecule has 0 saturated carbocycles. The van der Waals surface area contributed by atoms with Crippen molar-refractivity contribution in [1.82, 2.24) is 15.5 Å². The Morgan fingerprint density at radius 2 is 2.06 bits per heavy atom. The van der Waals surface area contributed by atoms with Gasteiger partial charge in [0.15, 0.2) is 0 Å². The molecule has 3 amide bonds. The Labute approximate surface area is 95.5 Å². The number of imide groups is 1. The molecule has 92 valence electrons. The van der Waals surface area contributed by atoms with Crippen LogP contribution < -0.4 is 16.4 Å². The molecular formula is C10H20N4O2. The molecule has 0 radical (unpaired) electrons. The molecule has 0 aliphatic carbocycles. The lowest BCUT2D eigenvalue weighted by Crippen LogP contribution is -2.69. The summed E-state index contributed by atoms with van der Waals surface area (Å²) in [5, 5.41) is 4.79. The Hall–Kier alpha value is -1.14. The van der Waals surface area contributed by atoms with Crippen LogP contribution in [-0.2, 0) is 4.79 Å². The third kappa shape index (κ3) is 3.18. The second kappa shape index (κ2) is 4.80. The van der Waals surface area contributed by atoms with Crippen LogP contribution in [0.3, 0.4) is 0 Å². The molecule has 1 fully saturated rings. The van der Waals surface area contributed by atoms with Crippen LogP contribution in [0.15, 0.2) is 0 Å². The van der Waals surface area contributed by atoms with E-state index in [9.17, 15) is 9.59 Å². The predicted octanol–water partition coefficient (Wildman–Crippen LogP) is -0.746. The summed E-state index contributed by atoms with van der Waals surface area (Å²) in [5.74, 6) is -0.290. The molecule has 0 aromatic heterocycles. The van der Waals surface area contributed by atoms with E-state index in [1.54, 1.807) is 13.8 Å². The first-order chi connectivity index (χ1) is 7.35. The fourth-order valence-corrected chi connectivity index (χ4v) is 1.74. The van der Waals surface area contributed by atoms with Crippen molar-refractivity contribution in [2.75, 3.05) is 19.6 Å². The topological polar surface area (TPSA) is 87.5 Å². The van der Waals surface area contributed by atoms with Gasteiger partial charge in [-0.15, -0.1) is 0 Å². The van der Waals surface area contributed by atoms with E-state index in [-0.39, 0.29) is 17.5 Å². The van der Waals surface area contributed by atoms with E-state index >= 15 is 0 Å². The van der Waals surface area contributed by atoms with Crippen LogP contribution in [0.4, 0.5) is 4.79 Å². The molecule has 1 unspecified atom stereocenters. The largest absolute Gasteiger partial charge is 0.338 e. The third-order valence-corrected chi connectivity index (χ3v) is 2.63. The minimum atomic E-state index is -0.449. The van der Waals surface area contributed by atoms with Gasteiger partial charge in [-0.05, 0) is 20.8 Å².